The summed E-state index contributed by atoms with van der Waals surface area (Å²) < 4.78 is 27.7. The maximum absolute atomic E-state index is 5.72. The third-order valence-corrected chi connectivity index (χ3v) is 2.44. The van der Waals surface area contributed by atoms with Crippen molar-refractivity contribution in [2.45, 2.75) is 58.8 Å². The molecule has 0 amide bonds. The van der Waals surface area contributed by atoms with Crippen LogP contribution in [0, 0.1) is 0 Å². The molecular weight excluding hydrogens is 284 g/mol. The molecule has 0 heterocycles. The Bertz CT molecular complexity index is 278. The Kier molecular flexibility index (Phi) is 10.7. The predicted octanol–water partition coefficient (Wildman–Crippen LogP) is 3.18. The Balaban J connectivity index is 3.85. The van der Waals surface area contributed by atoms with Crippen LogP contribution >= 0.6 is 0 Å². The molecule has 1 unspecified atom stereocenters. The largest absolute Gasteiger partial charge is 0.499 e. The van der Waals surface area contributed by atoms with Crippen LogP contribution in [-0.2, 0) is 23.7 Å². The van der Waals surface area contributed by atoms with Crippen molar-refractivity contribution in [2.75, 3.05) is 39.6 Å². The standard InChI is InChI=1S/C17H34O5/c1-8-18-13-15(20-10-12-22-17(5,6)7)14-19-9-11-21-16(2,3)4/h8,15H,1,9-14H2,2-7H3. The van der Waals surface area contributed by atoms with Crippen LogP contribution in [-0.4, -0.2) is 56.9 Å². The van der Waals surface area contributed by atoms with Crippen LogP contribution in [0.5, 0.6) is 0 Å². The van der Waals surface area contributed by atoms with E-state index in [1.807, 2.05) is 41.5 Å². The molecule has 0 aromatic heterocycles. The molecule has 0 radical (unpaired) electrons. The quantitative estimate of drug-likeness (QED) is 0.408. The summed E-state index contributed by atoms with van der Waals surface area (Å²) in [7, 11) is 0. The highest BCUT2D eigenvalue weighted by Crippen LogP contribution is 2.07. The molecule has 0 spiro atoms. The molecule has 0 aliphatic heterocycles. The second-order valence-corrected chi connectivity index (χ2v) is 6.99. The van der Waals surface area contributed by atoms with Gasteiger partial charge in [0.25, 0.3) is 0 Å². The second kappa shape index (κ2) is 11.0. The fraction of sp³-hybridized carbons (Fsp3) is 0.882. The van der Waals surface area contributed by atoms with Crippen LogP contribution in [0.4, 0.5) is 0 Å². The summed E-state index contributed by atoms with van der Waals surface area (Å²) in [5.41, 5.74) is -0.299. The highest BCUT2D eigenvalue weighted by atomic mass is 16.6. The molecule has 132 valence electrons. The van der Waals surface area contributed by atoms with Gasteiger partial charge in [-0.15, -0.1) is 0 Å². The summed E-state index contributed by atoms with van der Waals surface area (Å²) in [5.74, 6) is 0. The van der Waals surface area contributed by atoms with Crippen LogP contribution in [0.3, 0.4) is 0 Å². The van der Waals surface area contributed by atoms with Crippen molar-refractivity contribution in [1.29, 1.82) is 0 Å². The molecular formula is C17H34O5. The summed E-state index contributed by atoms with van der Waals surface area (Å²) in [6.45, 7) is 18.7. The van der Waals surface area contributed by atoms with Gasteiger partial charge in [0, 0.05) is 0 Å². The topological polar surface area (TPSA) is 46.2 Å². The molecule has 0 bridgehead atoms. The molecule has 1 atom stereocenters. The first-order chi connectivity index (χ1) is 10.1. The van der Waals surface area contributed by atoms with Gasteiger partial charge >= 0.3 is 0 Å². The van der Waals surface area contributed by atoms with E-state index in [0.717, 1.165) is 0 Å². The molecule has 22 heavy (non-hydrogen) atoms. The van der Waals surface area contributed by atoms with Gasteiger partial charge in [0.2, 0.25) is 0 Å². The zero-order valence-corrected chi connectivity index (χ0v) is 15.1. The van der Waals surface area contributed by atoms with E-state index in [2.05, 4.69) is 6.58 Å². The smallest absolute Gasteiger partial charge is 0.116 e. The van der Waals surface area contributed by atoms with Crippen molar-refractivity contribution in [3.63, 3.8) is 0 Å². The minimum Gasteiger partial charge on any atom is -0.499 e. The van der Waals surface area contributed by atoms with Gasteiger partial charge in [-0.1, -0.05) is 6.58 Å². The lowest BCUT2D eigenvalue weighted by Crippen LogP contribution is -2.29. The molecule has 0 aromatic rings. The predicted molar refractivity (Wildman–Crippen MR) is 88.1 cm³/mol. The molecule has 0 rings (SSSR count). The van der Waals surface area contributed by atoms with Gasteiger partial charge in [-0.25, -0.2) is 0 Å². The second-order valence-electron chi connectivity index (χ2n) is 6.99. The maximum Gasteiger partial charge on any atom is 0.116 e. The lowest BCUT2D eigenvalue weighted by atomic mass is 10.2. The van der Waals surface area contributed by atoms with E-state index in [-0.39, 0.29) is 17.3 Å². The monoisotopic (exact) mass is 318 g/mol. The third kappa shape index (κ3) is 15.8. The lowest BCUT2D eigenvalue weighted by Gasteiger charge is -2.22. The minimum absolute atomic E-state index is 0.142. The van der Waals surface area contributed by atoms with Gasteiger partial charge in [0.15, 0.2) is 0 Å². The molecule has 0 fully saturated rings. The van der Waals surface area contributed by atoms with Crippen molar-refractivity contribution in [2.24, 2.45) is 0 Å². The Morgan fingerprint density at radius 2 is 1.36 bits per heavy atom. The van der Waals surface area contributed by atoms with Crippen molar-refractivity contribution < 1.29 is 23.7 Å². The van der Waals surface area contributed by atoms with E-state index in [0.29, 0.717) is 39.6 Å². The van der Waals surface area contributed by atoms with Gasteiger partial charge in [-0.05, 0) is 41.5 Å². The number of hydrogen-bond acceptors (Lipinski definition) is 5. The van der Waals surface area contributed by atoms with Gasteiger partial charge in [-0.3, -0.25) is 0 Å². The summed E-state index contributed by atoms with van der Waals surface area (Å²) in [6.07, 6.45) is 1.27. The average molecular weight is 318 g/mol. The minimum atomic E-state index is -0.155. The first-order valence-electron chi connectivity index (χ1n) is 7.84. The molecule has 0 aliphatic rings. The summed E-state index contributed by atoms with van der Waals surface area (Å²) in [6, 6.07) is 0. The molecule has 5 heteroatoms. The van der Waals surface area contributed by atoms with E-state index in [9.17, 15) is 0 Å². The summed E-state index contributed by atoms with van der Waals surface area (Å²) in [4.78, 5) is 0. The molecule has 0 aromatic carbocycles. The Labute approximate surface area is 135 Å². The van der Waals surface area contributed by atoms with Gasteiger partial charge in [-0.2, -0.15) is 0 Å². The molecule has 0 saturated carbocycles. The van der Waals surface area contributed by atoms with Crippen molar-refractivity contribution in [1.82, 2.24) is 0 Å². The zero-order chi connectivity index (χ0) is 17.1. The number of ether oxygens (including phenoxy) is 5. The lowest BCUT2D eigenvalue weighted by molar-refractivity contribution is -0.0924. The number of rotatable bonds is 12. The SMILES string of the molecule is C=COCC(COCCOC(C)(C)C)OCCOC(C)(C)C. The van der Waals surface area contributed by atoms with E-state index in [1.165, 1.54) is 6.26 Å². The average Bonchev–Trinajstić information content (AvgIpc) is 2.37. The van der Waals surface area contributed by atoms with Crippen molar-refractivity contribution in [3.8, 4) is 0 Å². The van der Waals surface area contributed by atoms with Crippen LogP contribution in [0.15, 0.2) is 12.8 Å². The third-order valence-electron chi connectivity index (χ3n) is 2.44. The fourth-order valence-electron chi connectivity index (χ4n) is 1.50. The van der Waals surface area contributed by atoms with Crippen molar-refractivity contribution >= 4 is 0 Å². The normalized spacial score (nSPS) is 13.9. The van der Waals surface area contributed by atoms with Crippen LogP contribution < -0.4 is 0 Å². The van der Waals surface area contributed by atoms with Gasteiger partial charge < -0.3 is 23.7 Å². The van der Waals surface area contributed by atoms with E-state index in [4.69, 9.17) is 23.7 Å². The van der Waals surface area contributed by atoms with E-state index in [1.54, 1.807) is 0 Å². The van der Waals surface area contributed by atoms with Crippen LogP contribution in [0.25, 0.3) is 0 Å². The maximum atomic E-state index is 5.72. The highest BCUT2D eigenvalue weighted by molar-refractivity contribution is 4.62. The first-order valence-corrected chi connectivity index (χ1v) is 7.84. The van der Waals surface area contributed by atoms with Gasteiger partial charge in [0.05, 0.1) is 50.5 Å². The van der Waals surface area contributed by atoms with Crippen LogP contribution in [0.2, 0.25) is 0 Å². The van der Waals surface area contributed by atoms with Crippen molar-refractivity contribution in [3.05, 3.63) is 12.8 Å². The van der Waals surface area contributed by atoms with Crippen LogP contribution in [0.1, 0.15) is 41.5 Å². The number of hydrogen-bond donors (Lipinski definition) is 0. The highest BCUT2D eigenvalue weighted by Gasteiger charge is 2.13. The first kappa shape index (κ1) is 21.4. The molecule has 0 aliphatic carbocycles. The van der Waals surface area contributed by atoms with E-state index >= 15 is 0 Å². The Hall–Kier alpha value is -0.620. The summed E-state index contributed by atoms with van der Waals surface area (Å²) >= 11 is 0. The van der Waals surface area contributed by atoms with Gasteiger partial charge in [0.1, 0.15) is 12.7 Å². The molecule has 0 saturated heterocycles. The zero-order valence-electron chi connectivity index (χ0n) is 15.1. The Morgan fingerprint density at radius 1 is 0.818 bits per heavy atom. The Morgan fingerprint density at radius 3 is 1.86 bits per heavy atom. The van der Waals surface area contributed by atoms with E-state index < -0.39 is 0 Å². The summed E-state index contributed by atoms with van der Waals surface area (Å²) in [5, 5.41) is 0. The molecule has 0 N–H and O–H groups in total. The fourth-order valence-corrected chi connectivity index (χ4v) is 1.50. The molecule has 5 nitrogen and oxygen atoms in total.